The highest BCUT2D eigenvalue weighted by Gasteiger charge is 2.07. The van der Waals surface area contributed by atoms with Crippen LogP contribution in [0.5, 0.6) is 5.75 Å². The molecule has 2 rings (SSSR count). The Labute approximate surface area is 144 Å². The summed E-state index contributed by atoms with van der Waals surface area (Å²) in [6, 6.07) is 13.2. The maximum Gasteiger partial charge on any atom is 0.262 e. The van der Waals surface area contributed by atoms with Crippen LogP contribution in [0.3, 0.4) is 0 Å². The highest BCUT2D eigenvalue weighted by molar-refractivity contribution is 9.11. The van der Waals surface area contributed by atoms with Crippen LogP contribution in [0.15, 0.2) is 56.3 Å². The van der Waals surface area contributed by atoms with E-state index in [1.54, 1.807) is 17.8 Å². The van der Waals surface area contributed by atoms with Crippen molar-refractivity contribution < 1.29 is 9.53 Å². The van der Waals surface area contributed by atoms with Gasteiger partial charge in [0.05, 0.1) is 4.47 Å². The number of ether oxygens (including phenoxy) is 1. The number of thioether (sulfide) groups is 1. The van der Waals surface area contributed by atoms with Gasteiger partial charge in [-0.15, -0.1) is 11.8 Å². The first-order valence-corrected chi connectivity index (χ1v) is 8.91. The Hall–Kier alpha value is -0.980. The topological polar surface area (TPSA) is 38.3 Å². The molecule has 21 heavy (non-hydrogen) atoms. The van der Waals surface area contributed by atoms with Crippen molar-refractivity contribution in [2.24, 2.45) is 0 Å². The van der Waals surface area contributed by atoms with Gasteiger partial charge in [0.25, 0.3) is 5.91 Å². The summed E-state index contributed by atoms with van der Waals surface area (Å²) in [5.74, 6) is 0.439. The molecule has 1 amide bonds. The van der Waals surface area contributed by atoms with E-state index in [0.717, 1.165) is 19.5 Å². The summed E-state index contributed by atoms with van der Waals surface area (Å²) < 4.78 is 7.24. The number of anilines is 1. The minimum atomic E-state index is -0.192. The lowest BCUT2D eigenvalue weighted by Crippen LogP contribution is -2.20. The fraction of sp³-hybridized carbons (Fsp3) is 0.133. The van der Waals surface area contributed by atoms with Gasteiger partial charge in [0.2, 0.25) is 0 Å². The first-order valence-electron chi connectivity index (χ1n) is 6.10. The van der Waals surface area contributed by atoms with E-state index in [4.69, 9.17) is 4.74 Å². The average molecular weight is 431 g/mol. The van der Waals surface area contributed by atoms with Gasteiger partial charge in [0.1, 0.15) is 5.75 Å². The van der Waals surface area contributed by atoms with E-state index in [2.05, 4.69) is 37.2 Å². The van der Waals surface area contributed by atoms with Crippen molar-refractivity contribution in [3.63, 3.8) is 0 Å². The summed E-state index contributed by atoms with van der Waals surface area (Å²) in [5.41, 5.74) is 0.769. The van der Waals surface area contributed by atoms with E-state index in [1.165, 1.54) is 0 Å². The molecular formula is C15H13Br2NO2S. The molecule has 0 fully saturated rings. The Morgan fingerprint density at radius 3 is 2.76 bits per heavy atom. The second kappa shape index (κ2) is 7.87. The van der Waals surface area contributed by atoms with E-state index in [1.807, 2.05) is 42.7 Å². The number of nitrogens with one attached hydrogen (secondary N) is 1. The van der Waals surface area contributed by atoms with Crippen LogP contribution in [0.25, 0.3) is 0 Å². The number of benzene rings is 2. The SMILES string of the molecule is CSc1cccc(NC(=O)COc2ccc(Br)cc2Br)c1. The average Bonchev–Trinajstić information content (AvgIpc) is 2.46. The molecule has 0 aliphatic carbocycles. The molecule has 110 valence electrons. The maximum absolute atomic E-state index is 11.9. The Balaban J connectivity index is 1.92. The second-order valence-corrected chi connectivity index (χ2v) is 6.79. The molecule has 0 saturated carbocycles. The van der Waals surface area contributed by atoms with Crippen LogP contribution < -0.4 is 10.1 Å². The molecular weight excluding hydrogens is 418 g/mol. The van der Waals surface area contributed by atoms with Crippen LogP contribution in [-0.2, 0) is 4.79 Å². The van der Waals surface area contributed by atoms with E-state index < -0.39 is 0 Å². The number of hydrogen-bond acceptors (Lipinski definition) is 3. The third-order valence-electron chi connectivity index (χ3n) is 2.61. The molecule has 1 N–H and O–H groups in total. The Morgan fingerprint density at radius 1 is 1.24 bits per heavy atom. The predicted molar refractivity (Wildman–Crippen MR) is 94.2 cm³/mol. The van der Waals surface area contributed by atoms with Gasteiger partial charge < -0.3 is 10.1 Å². The fourth-order valence-corrected chi connectivity index (χ4v) is 3.25. The summed E-state index contributed by atoms with van der Waals surface area (Å²) in [6.45, 7) is -0.0380. The number of carbonyl (C=O) groups is 1. The zero-order valence-corrected chi connectivity index (χ0v) is 15.2. The van der Waals surface area contributed by atoms with Crippen molar-refractivity contribution >= 4 is 55.2 Å². The molecule has 6 heteroatoms. The molecule has 0 atom stereocenters. The first kappa shape index (κ1) is 16.4. The smallest absolute Gasteiger partial charge is 0.262 e. The maximum atomic E-state index is 11.9. The number of carbonyl (C=O) groups excluding carboxylic acids is 1. The summed E-state index contributed by atoms with van der Waals surface area (Å²) in [4.78, 5) is 13.0. The largest absolute Gasteiger partial charge is 0.483 e. The molecule has 0 radical (unpaired) electrons. The summed E-state index contributed by atoms with van der Waals surface area (Å²) in [6.07, 6.45) is 2.00. The lowest BCUT2D eigenvalue weighted by atomic mass is 10.3. The van der Waals surface area contributed by atoms with Crippen LogP contribution in [0.1, 0.15) is 0 Å². The van der Waals surface area contributed by atoms with E-state index in [0.29, 0.717) is 5.75 Å². The summed E-state index contributed by atoms with van der Waals surface area (Å²) >= 11 is 8.39. The number of rotatable bonds is 5. The van der Waals surface area contributed by atoms with Crippen molar-refractivity contribution in [1.29, 1.82) is 0 Å². The quantitative estimate of drug-likeness (QED) is 0.682. The summed E-state index contributed by atoms with van der Waals surface area (Å²) in [5, 5.41) is 2.82. The zero-order chi connectivity index (χ0) is 15.2. The Morgan fingerprint density at radius 2 is 2.05 bits per heavy atom. The standard InChI is InChI=1S/C15H13Br2NO2S/c1-21-12-4-2-3-11(8-12)18-15(19)9-20-14-6-5-10(16)7-13(14)17/h2-8H,9H2,1H3,(H,18,19). The molecule has 2 aromatic rings. The van der Waals surface area contributed by atoms with Gasteiger partial charge in [-0.3, -0.25) is 4.79 Å². The molecule has 0 aliphatic heterocycles. The zero-order valence-electron chi connectivity index (χ0n) is 11.2. The van der Waals surface area contributed by atoms with Crippen molar-refractivity contribution in [1.82, 2.24) is 0 Å². The van der Waals surface area contributed by atoms with Crippen LogP contribution in [0.2, 0.25) is 0 Å². The minimum Gasteiger partial charge on any atom is -0.483 e. The highest BCUT2D eigenvalue weighted by Crippen LogP contribution is 2.28. The molecule has 0 heterocycles. The van der Waals surface area contributed by atoms with E-state index in [-0.39, 0.29) is 12.5 Å². The van der Waals surface area contributed by atoms with E-state index in [9.17, 15) is 4.79 Å². The molecule has 0 aromatic heterocycles. The molecule has 2 aromatic carbocycles. The van der Waals surface area contributed by atoms with Gasteiger partial charge in [-0.25, -0.2) is 0 Å². The van der Waals surface area contributed by atoms with Crippen molar-refractivity contribution in [2.75, 3.05) is 18.2 Å². The van der Waals surface area contributed by atoms with Gasteiger partial charge in [-0.2, -0.15) is 0 Å². The van der Waals surface area contributed by atoms with Gasteiger partial charge in [0, 0.05) is 15.1 Å². The monoisotopic (exact) mass is 429 g/mol. The van der Waals surface area contributed by atoms with Gasteiger partial charge in [0.15, 0.2) is 6.61 Å². The number of halogens is 2. The molecule has 0 saturated heterocycles. The molecule has 0 unspecified atom stereocenters. The molecule has 0 bridgehead atoms. The third kappa shape index (κ3) is 5.05. The normalized spacial score (nSPS) is 10.2. The fourth-order valence-electron chi connectivity index (χ4n) is 1.63. The van der Waals surface area contributed by atoms with Gasteiger partial charge in [-0.05, 0) is 58.6 Å². The van der Waals surface area contributed by atoms with Gasteiger partial charge >= 0.3 is 0 Å². The highest BCUT2D eigenvalue weighted by atomic mass is 79.9. The second-order valence-electron chi connectivity index (χ2n) is 4.14. The number of hydrogen-bond donors (Lipinski definition) is 1. The molecule has 3 nitrogen and oxygen atoms in total. The van der Waals surface area contributed by atoms with Crippen LogP contribution in [0, 0.1) is 0 Å². The Bertz CT molecular complexity index is 649. The van der Waals surface area contributed by atoms with Gasteiger partial charge in [-0.1, -0.05) is 22.0 Å². The van der Waals surface area contributed by atoms with Crippen molar-refractivity contribution in [3.05, 3.63) is 51.4 Å². The summed E-state index contributed by atoms with van der Waals surface area (Å²) in [7, 11) is 0. The lowest BCUT2D eigenvalue weighted by Gasteiger charge is -2.09. The van der Waals surface area contributed by atoms with E-state index >= 15 is 0 Å². The van der Waals surface area contributed by atoms with Crippen molar-refractivity contribution in [2.45, 2.75) is 4.90 Å². The third-order valence-corrected chi connectivity index (χ3v) is 4.44. The predicted octanol–water partition coefficient (Wildman–Crippen LogP) is 4.95. The Kier molecular flexibility index (Phi) is 6.14. The minimum absolute atomic E-state index is 0.0380. The molecule has 0 spiro atoms. The first-order chi connectivity index (χ1) is 10.1. The molecule has 0 aliphatic rings. The number of amides is 1. The van der Waals surface area contributed by atoms with Crippen molar-refractivity contribution in [3.8, 4) is 5.75 Å². The lowest BCUT2D eigenvalue weighted by molar-refractivity contribution is -0.118. The van der Waals surface area contributed by atoms with Crippen LogP contribution in [0.4, 0.5) is 5.69 Å². The van der Waals surface area contributed by atoms with Crippen LogP contribution >= 0.6 is 43.6 Å². The van der Waals surface area contributed by atoms with Crippen LogP contribution in [-0.4, -0.2) is 18.8 Å².